The Morgan fingerprint density at radius 1 is 1.00 bits per heavy atom. The van der Waals surface area contributed by atoms with Gasteiger partial charge < -0.3 is 10.0 Å². The van der Waals surface area contributed by atoms with E-state index >= 15 is 0 Å². The molecule has 3 aromatic rings. The molecule has 1 aromatic heterocycles. The molecule has 6 nitrogen and oxygen atoms in total. The van der Waals surface area contributed by atoms with Crippen molar-refractivity contribution in [2.24, 2.45) is 5.92 Å². The van der Waals surface area contributed by atoms with E-state index in [-0.39, 0.29) is 5.91 Å². The van der Waals surface area contributed by atoms with Crippen molar-refractivity contribution >= 4 is 22.9 Å². The van der Waals surface area contributed by atoms with E-state index in [2.05, 4.69) is 9.97 Å². The van der Waals surface area contributed by atoms with Gasteiger partial charge in [-0.25, -0.2) is 9.78 Å². The average molecular weight is 375 g/mol. The summed E-state index contributed by atoms with van der Waals surface area (Å²) < 4.78 is 0. The van der Waals surface area contributed by atoms with Gasteiger partial charge in [0.05, 0.1) is 22.8 Å². The fourth-order valence-corrected chi connectivity index (χ4v) is 3.78. The van der Waals surface area contributed by atoms with Crippen molar-refractivity contribution in [3.05, 3.63) is 71.5 Å². The first-order valence-corrected chi connectivity index (χ1v) is 9.44. The summed E-state index contributed by atoms with van der Waals surface area (Å²) in [6.07, 6.45) is 3.96. The topological polar surface area (TPSA) is 83.4 Å². The van der Waals surface area contributed by atoms with E-state index in [0.29, 0.717) is 35.8 Å². The lowest BCUT2D eigenvalue weighted by molar-refractivity contribution is 0.0684. The monoisotopic (exact) mass is 375 g/mol. The highest BCUT2D eigenvalue weighted by Gasteiger charge is 2.25. The van der Waals surface area contributed by atoms with Gasteiger partial charge in [0.2, 0.25) is 0 Å². The second-order valence-electron chi connectivity index (χ2n) is 7.15. The molecular weight excluding hydrogens is 354 g/mol. The van der Waals surface area contributed by atoms with Crippen LogP contribution in [0.15, 0.2) is 54.7 Å². The first-order chi connectivity index (χ1) is 13.6. The lowest BCUT2D eigenvalue weighted by Gasteiger charge is -2.32. The summed E-state index contributed by atoms with van der Waals surface area (Å²) in [5.74, 6) is -0.618. The lowest BCUT2D eigenvalue weighted by atomic mass is 9.88. The molecule has 0 atom stereocenters. The predicted octanol–water partition coefficient (Wildman–Crippen LogP) is 3.42. The van der Waals surface area contributed by atoms with Crippen molar-refractivity contribution in [1.82, 2.24) is 14.9 Å². The molecule has 0 radical (unpaired) electrons. The van der Waals surface area contributed by atoms with Crippen molar-refractivity contribution in [3.8, 4) is 0 Å². The summed E-state index contributed by atoms with van der Waals surface area (Å²) in [4.78, 5) is 34.8. The number of likely N-dealkylation sites (tertiary alicyclic amines) is 1. The molecule has 4 rings (SSSR count). The van der Waals surface area contributed by atoms with Crippen LogP contribution in [0.1, 0.15) is 39.3 Å². The third kappa shape index (κ3) is 3.71. The number of carbonyl (C=O) groups excluding carboxylic acids is 1. The number of aromatic nitrogens is 2. The van der Waals surface area contributed by atoms with Crippen molar-refractivity contribution < 1.29 is 14.7 Å². The Morgan fingerprint density at radius 2 is 1.68 bits per heavy atom. The molecule has 0 bridgehead atoms. The zero-order chi connectivity index (χ0) is 19.5. The minimum atomic E-state index is -0.891. The van der Waals surface area contributed by atoms with E-state index in [1.54, 1.807) is 18.3 Å². The minimum absolute atomic E-state index is 0.0948. The first kappa shape index (κ1) is 18.1. The Kier molecular flexibility index (Phi) is 5.02. The van der Waals surface area contributed by atoms with E-state index in [4.69, 9.17) is 0 Å². The molecule has 0 aliphatic carbocycles. The molecule has 2 aromatic carbocycles. The summed E-state index contributed by atoms with van der Waals surface area (Å²) in [6, 6.07) is 14.7. The lowest BCUT2D eigenvalue weighted by Crippen LogP contribution is -2.39. The molecule has 28 heavy (non-hydrogen) atoms. The maximum Gasteiger partial charge on any atom is 0.335 e. The normalized spacial score (nSPS) is 14.9. The van der Waals surface area contributed by atoms with Gasteiger partial charge in [-0.1, -0.05) is 30.3 Å². The number of carboxylic acids is 1. The van der Waals surface area contributed by atoms with Crippen LogP contribution in [0.25, 0.3) is 11.0 Å². The molecule has 142 valence electrons. The number of aromatic carboxylic acids is 1. The van der Waals surface area contributed by atoms with Gasteiger partial charge in [-0.05, 0) is 48.9 Å². The second kappa shape index (κ2) is 7.76. The highest BCUT2D eigenvalue weighted by Crippen LogP contribution is 2.24. The Bertz CT molecular complexity index is 1030. The van der Waals surface area contributed by atoms with Gasteiger partial charge in [0.15, 0.2) is 0 Å². The fourth-order valence-electron chi connectivity index (χ4n) is 3.78. The Balaban J connectivity index is 1.41. The fraction of sp³-hybridized carbons (Fsp3) is 0.273. The van der Waals surface area contributed by atoms with Crippen LogP contribution in [0.5, 0.6) is 0 Å². The van der Waals surface area contributed by atoms with E-state index < -0.39 is 5.97 Å². The number of amides is 1. The zero-order valence-corrected chi connectivity index (χ0v) is 15.4. The maximum atomic E-state index is 12.8. The van der Waals surface area contributed by atoms with Crippen molar-refractivity contribution in [1.29, 1.82) is 0 Å². The van der Waals surface area contributed by atoms with Crippen LogP contribution in [0.3, 0.4) is 0 Å². The highest BCUT2D eigenvalue weighted by molar-refractivity contribution is 5.93. The van der Waals surface area contributed by atoms with Gasteiger partial charge in [-0.2, -0.15) is 0 Å². The average Bonchev–Trinajstić information content (AvgIpc) is 2.73. The second-order valence-corrected chi connectivity index (χ2v) is 7.15. The number of fused-ring (bicyclic) bond motifs is 1. The molecule has 1 aliphatic heterocycles. The number of benzene rings is 2. The molecule has 1 saturated heterocycles. The Labute approximate surface area is 162 Å². The third-order valence-electron chi connectivity index (χ3n) is 5.33. The summed E-state index contributed by atoms with van der Waals surface area (Å²) in [5.41, 5.74) is 3.09. The van der Waals surface area contributed by atoms with Crippen LogP contribution in [-0.4, -0.2) is 44.9 Å². The van der Waals surface area contributed by atoms with Crippen molar-refractivity contribution in [2.75, 3.05) is 13.1 Å². The number of carboxylic acid groups (broad SMARTS) is 1. The van der Waals surface area contributed by atoms with Gasteiger partial charge in [0, 0.05) is 13.1 Å². The van der Waals surface area contributed by atoms with Crippen LogP contribution in [0.4, 0.5) is 0 Å². The quantitative estimate of drug-likeness (QED) is 0.755. The summed E-state index contributed by atoms with van der Waals surface area (Å²) >= 11 is 0. The van der Waals surface area contributed by atoms with Gasteiger partial charge >= 0.3 is 5.97 Å². The number of hydrogen-bond acceptors (Lipinski definition) is 4. The number of piperidine rings is 1. The molecule has 1 amide bonds. The molecule has 1 fully saturated rings. The highest BCUT2D eigenvalue weighted by atomic mass is 16.4. The Hall–Kier alpha value is -3.28. The van der Waals surface area contributed by atoms with Crippen molar-refractivity contribution in [2.45, 2.75) is 19.3 Å². The van der Waals surface area contributed by atoms with E-state index in [1.807, 2.05) is 41.3 Å². The minimum Gasteiger partial charge on any atom is -0.478 e. The van der Waals surface area contributed by atoms with E-state index in [0.717, 1.165) is 30.3 Å². The van der Waals surface area contributed by atoms with Gasteiger partial charge in [0.25, 0.3) is 5.91 Å². The van der Waals surface area contributed by atoms with E-state index in [9.17, 15) is 14.7 Å². The SMILES string of the molecule is O=C(O)c1ccccc1CC1CCN(C(=O)c2cnc3ccccc3n2)CC1. The number of rotatable bonds is 4. The maximum absolute atomic E-state index is 12.8. The summed E-state index contributed by atoms with van der Waals surface area (Å²) in [5, 5.41) is 9.35. The van der Waals surface area contributed by atoms with Crippen LogP contribution >= 0.6 is 0 Å². The van der Waals surface area contributed by atoms with Crippen LogP contribution < -0.4 is 0 Å². The first-order valence-electron chi connectivity index (χ1n) is 9.44. The van der Waals surface area contributed by atoms with Gasteiger partial charge in [-0.15, -0.1) is 0 Å². The van der Waals surface area contributed by atoms with Gasteiger partial charge in [0.1, 0.15) is 5.69 Å². The number of carbonyl (C=O) groups is 2. The largest absolute Gasteiger partial charge is 0.478 e. The summed E-state index contributed by atoms with van der Waals surface area (Å²) in [7, 11) is 0. The number of para-hydroxylation sites is 2. The van der Waals surface area contributed by atoms with Crippen molar-refractivity contribution in [3.63, 3.8) is 0 Å². The third-order valence-corrected chi connectivity index (χ3v) is 5.33. The Morgan fingerprint density at radius 3 is 2.43 bits per heavy atom. The zero-order valence-electron chi connectivity index (χ0n) is 15.4. The van der Waals surface area contributed by atoms with Crippen LogP contribution in [0.2, 0.25) is 0 Å². The molecule has 1 N–H and O–H groups in total. The molecule has 0 spiro atoms. The standard InChI is InChI=1S/C22H21N3O3/c26-21(20-14-23-18-7-3-4-8-19(18)24-20)25-11-9-15(10-12-25)13-16-5-1-2-6-17(16)22(27)28/h1-8,14-15H,9-13H2,(H,27,28). The van der Waals surface area contributed by atoms with Crippen LogP contribution in [-0.2, 0) is 6.42 Å². The molecule has 2 heterocycles. The molecular formula is C22H21N3O3. The van der Waals surface area contributed by atoms with Gasteiger partial charge in [-0.3, -0.25) is 9.78 Å². The van der Waals surface area contributed by atoms with E-state index in [1.165, 1.54) is 0 Å². The summed E-state index contributed by atoms with van der Waals surface area (Å²) in [6.45, 7) is 1.29. The molecule has 1 aliphatic rings. The molecule has 6 heteroatoms. The van der Waals surface area contributed by atoms with Crippen LogP contribution in [0, 0.1) is 5.92 Å². The number of nitrogens with zero attached hydrogens (tertiary/aromatic N) is 3. The smallest absolute Gasteiger partial charge is 0.335 e. The molecule has 0 saturated carbocycles. The number of hydrogen-bond donors (Lipinski definition) is 1. The predicted molar refractivity (Wildman–Crippen MR) is 105 cm³/mol. The molecule has 0 unspecified atom stereocenters.